The van der Waals surface area contributed by atoms with E-state index in [9.17, 15) is 9.59 Å². The van der Waals surface area contributed by atoms with Gasteiger partial charge in [-0.2, -0.15) is 0 Å². The molecule has 1 aliphatic heterocycles. The Balaban J connectivity index is 2.06. The largest absolute Gasteiger partial charge is 0.481 e. The first-order valence-corrected chi connectivity index (χ1v) is 7.93. The molecule has 0 aromatic heterocycles. The highest BCUT2D eigenvalue weighted by Crippen LogP contribution is 2.17. The average Bonchev–Trinajstić information content (AvgIpc) is 3.05. The predicted molar refractivity (Wildman–Crippen MR) is 86.1 cm³/mol. The number of carboxylic acids is 1. The molecule has 2 rings (SSSR count). The van der Waals surface area contributed by atoms with Crippen molar-refractivity contribution in [1.29, 1.82) is 0 Å². The number of benzene rings is 1. The molecule has 0 spiro atoms. The molecule has 0 saturated carbocycles. The first-order chi connectivity index (χ1) is 10.6. The molecule has 1 saturated heterocycles. The summed E-state index contributed by atoms with van der Waals surface area (Å²) < 4.78 is 0. The van der Waals surface area contributed by atoms with Crippen molar-refractivity contribution in [1.82, 2.24) is 4.90 Å². The molecule has 1 amide bonds. The number of anilines is 1. The van der Waals surface area contributed by atoms with Gasteiger partial charge >= 0.3 is 5.97 Å². The van der Waals surface area contributed by atoms with Gasteiger partial charge in [-0.05, 0) is 37.0 Å². The van der Waals surface area contributed by atoms with Gasteiger partial charge < -0.3 is 14.9 Å². The summed E-state index contributed by atoms with van der Waals surface area (Å²) in [5.41, 5.74) is 2.14. The molecule has 0 radical (unpaired) electrons. The van der Waals surface area contributed by atoms with E-state index < -0.39 is 5.97 Å². The van der Waals surface area contributed by atoms with Crippen molar-refractivity contribution < 1.29 is 14.7 Å². The summed E-state index contributed by atoms with van der Waals surface area (Å²) in [6, 6.07) is 8.00. The fourth-order valence-electron chi connectivity index (χ4n) is 2.70. The van der Waals surface area contributed by atoms with E-state index in [1.807, 2.05) is 34.1 Å². The minimum absolute atomic E-state index is 0.0306. The maximum atomic E-state index is 12.3. The Morgan fingerprint density at radius 3 is 2.36 bits per heavy atom. The Hall–Kier alpha value is -2.04. The zero-order valence-electron chi connectivity index (χ0n) is 13.1. The maximum absolute atomic E-state index is 12.3. The highest BCUT2D eigenvalue weighted by Gasteiger charge is 2.21. The van der Waals surface area contributed by atoms with E-state index in [2.05, 4.69) is 6.92 Å². The Morgan fingerprint density at radius 2 is 1.82 bits per heavy atom. The molecule has 0 atom stereocenters. The van der Waals surface area contributed by atoms with Gasteiger partial charge in [-0.25, -0.2) is 0 Å². The number of aliphatic carboxylic acids is 1. The Bertz CT molecular complexity index is 507. The molecule has 5 nitrogen and oxygen atoms in total. The molecule has 120 valence electrons. The summed E-state index contributed by atoms with van der Waals surface area (Å²) in [5, 5.41) is 8.92. The average molecular weight is 304 g/mol. The molecular weight excluding hydrogens is 280 g/mol. The van der Waals surface area contributed by atoms with E-state index in [1.165, 1.54) is 5.56 Å². The van der Waals surface area contributed by atoms with Gasteiger partial charge in [-0.15, -0.1) is 0 Å². The third-order valence-corrected chi connectivity index (χ3v) is 4.09. The molecule has 5 heteroatoms. The molecule has 0 bridgehead atoms. The molecule has 1 aromatic carbocycles. The molecule has 0 unspecified atom stereocenters. The van der Waals surface area contributed by atoms with Crippen LogP contribution in [0.15, 0.2) is 24.3 Å². The van der Waals surface area contributed by atoms with Crippen molar-refractivity contribution in [3.05, 3.63) is 29.8 Å². The van der Waals surface area contributed by atoms with E-state index in [-0.39, 0.29) is 18.9 Å². The number of amides is 1. The van der Waals surface area contributed by atoms with E-state index >= 15 is 0 Å². The minimum atomic E-state index is -0.844. The molecular formula is C17H24N2O3. The lowest BCUT2D eigenvalue weighted by Crippen LogP contribution is -2.40. The monoisotopic (exact) mass is 304 g/mol. The van der Waals surface area contributed by atoms with Crippen LogP contribution in [0.2, 0.25) is 0 Å². The molecule has 22 heavy (non-hydrogen) atoms. The predicted octanol–water partition coefficient (Wildman–Crippen LogP) is 2.15. The Morgan fingerprint density at radius 1 is 1.18 bits per heavy atom. The van der Waals surface area contributed by atoms with Crippen LogP contribution in [0.25, 0.3) is 0 Å². The summed E-state index contributed by atoms with van der Waals surface area (Å²) in [6.45, 7) is 4.33. The summed E-state index contributed by atoms with van der Waals surface area (Å²) in [5.74, 6) is -0.758. The number of rotatable bonds is 7. The van der Waals surface area contributed by atoms with Crippen LogP contribution in [0.1, 0.15) is 31.7 Å². The van der Waals surface area contributed by atoms with Crippen LogP contribution in [-0.4, -0.2) is 48.1 Å². The standard InChI is InChI=1S/C17H24N2O3/c1-2-14-5-7-15(8-6-14)19(12-9-17(21)22)13-16(20)18-10-3-4-11-18/h5-8H,2-4,9-13H2,1H3,(H,21,22). The fourth-order valence-corrected chi connectivity index (χ4v) is 2.70. The number of hydrogen-bond acceptors (Lipinski definition) is 3. The summed E-state index contributed by atoms with van der Waals surface area (Å²) in [4.78, 5) is 26.9. The summed E-state index contributed by atoms with van der Waals surface area (Å²) in [7, 11) is 0. The fraction of sp³-hybridized carbons (Fsp3) is 0.529. The van der Waals surface area contributed by atoms with Crippen LogP contribution in [0.4, 0.5) is 5.69 Å². The molecule has 1 heterocycles. The van der Waals surface area contributed by atoms with E-state index in [4.69, 9.17) is 5.11 Å². The smallest absolute Gasteiger partial charge is 0.305 e. The van der Waals surface area contributed by atoms with E-state index in [1.54, 1.807) is 0 Å². The number of carbonyl (C=O) groups is 2. The van der Waals surface area contributed by atoms with Crippen molar-refractivity contribution >= 4 is 17.6 Å². The zero-order valence-corrected chi connectivity index (χ0v) is 13.1. The van der Waals surface area contributed by atoms with Crippen LogP contribution >= 0.6 is 0 Å². The normalized spacial score (nSPS) is 14.1. The summed E-state index contributed by atoms with van der Waals surface area (Å²) in [6.07, 6.45) is 3.11. The summed E-state index contributed by atoms with van der Waals surface area (Å²) >= 11 is 0. The van der Waals surface area contributed by atoms with Crippen molar-refractivity contribution in [2.75, 3.05) is 31.1 Å². The van der Waals surface area contributed by atoms with E-state index in [0.717, 1.165) is 38.0 Å². The van der Waals surface area contributed by atoms with Crippen molar-refractivity contribution in [2.45, 2.75) is 32.6 Å². The van der Waals surface area contributed by atoms with Crippen LogP contribution in [0.3, 0.4) is 0 Å². The van der Waals surface area contributed by atoms with Gasteiger partial charge in [0.15, 0.2) is 0 Å². The second-order valence-corrected chi connectivity index (χ2v) is 5.67. The van der Waals surface area contributed by atoms with Gasteiger partial charge in [0, 0.05) is 25.3 Å². The number of nitrogens with zero attached hydrogens (tertiary/aromatic N) is 2. The lowest BCUT2D eigenvalue weighted by atomic mass is 10.1. The second kappa shape index (κ2) is 7.82. The molecule has 0 aliphatic carbocycles. The number of hydrogen-bond donors (Lipinski definition) is 1. The van der Waals surface area contributed by atoms with E-state index in [0.29, 0.717) is 6.54 Å². The van der Waals surface area contributed by atoms with Gasteiger partial charge in [-0.1, -0.05) is 19.1 Å². The SMILES string of the molecule is CCc1ccc(N(CCC(=O)O)CC(=O)N2CCCC2)cc1. The van der Waals surface area contributed by atoms with Gasteiger partial charge in [0.25, 0.3) is 0 Å². The molecule has 1 N–H and O–H groups in total. The van der Waals surface area contributed by atoms with Crippen LogP contribution in [0.5, 0.6) is 0 Å². The van der Waals surface area contributed by atoms with Gasteiger partial charge in [0.05, 0.1) is 13.0 Å². The molecule has 1 aromatic rings. The quantitative estimate of drug-likeness (QED) is 0.838. The van der Waals surface area contributed by atoms with Crippen molar-refractivity contribution in [2.24, 2.45) is 0 Å². The highest BCUT2D eigenvalue weighted by molar-refractivity contribution is 5.82. The van der Waals surface area contributed by atoms with Crippen LogP contribution in [0, 0.1) is 0 Å². The second-order valence-electron chi connectivity index (χ2n) is 5.67. The first kappa shape index (κ1) is 16.3. The number of carboxylic acid groups (broad SMARTS) is 1. The first-order valence-electron chi connectivity index (χ1n) is 7.93. The van der Waals surface area contributed by atoms with Crippen molar-refractivity contribution in [3.8, 4) is 0 Å². The van der Waals surface area contributed by atoms with Gasteiger partial charge in [0.2, 0.25) is 5.91 Å². The number of carbonyl (C=O) groups excluding carboxylic acids is 1. The number of aryl methyl sites for hydroxylation is 1. The lowest BCUT2D eigenvalue weighted by molar-refractivity contribution is -0.137. The van der Waals surface area contributed by atoms with Crippen molar-refractivity contribution in [3.63, 3.8) is 0 Å². The topological polar surface area (TPSA) is 60.9 Å². The molecule has 1 fully saturated rings. The van der Waals surface area contributed by atoms with Crippen LogP contribution < -0.4 is 4.90 Å². The minimum Gasteiger partial charge on any atom is -0.481 e. The maximum Gasteiger partial charge on any atom is 0.305 e. The Kier molecular flexibility index (Phi) is 5.81. The number of likely N-dealkylation sites (tertiary alicyclic amines) is 1. The zero-order chi connectivity index (χ0) is 15.9. The third kappa shape index (κ3) is 4.48. The highest BCUT2D eigenvalue weighted by atomic mass is 16.4. The Labute approximate surface area is 131 Å². The molecule has 1 aliphatic rings. The van der Waals surface area contributed by atoms with Gasteiger partial charge in [0.1, 0.15) is 0 Å². The van der Waals surface area contributed by atoms with Crippen LogP contribution in [-0.2, 0) is 16.0 Å². The van der Waals surface area contributed by atoms with Gasteiger partial charge in [-0.3, -0.25) is 9.59 Å². The third-order valence-electron chi connectivity index (χ3n) is 4.09. The lowest BCUT2D eigenvalue weighted by Gasteiger charge is -2.26.